The highest BCUT2D eigenvalue weighted by molar-refractivity contribution is 5.95. The minimum Gasteiger partial charge on any atom is -0.484 e. The standard InChI is InChI=1S/C24H24N2O3/c1-2-22(27)18-10-12-20(13-11-18)29-17-23(28)26-16-15-25-14-6-9-21(25)24(26)19-7-4-3-5-8-19/h3-14,24H,2,15-17H2,1H3. The van der Waals surface area contributed by atoms with Gasteiger partial charge >= 0.3 is 0 Å². The van der Waals surface area contributed by atoms with Gasteiger partial charge in [0.05, 0.1) is 6.04 Å². The number of rotatable bonds is 6. The fourth-order valence-corrected chi connectivity index (χ4v) is 3.81. The van der Waals surface area contributed by atoms with E-state index in [4.69, 9.17) is 4.74 Å². The Hall–Kier alpha value is -3.34. The van der Waals surface area contributed by atoms with Crippen molar-refractivity contribution in [3.63, 3.8) is 0 Å². The van der Waals surface area contributed by atoms with E-state index < -0.39 is 0 Å². The lowest BCUT2D eigenvalue weighted by atomic mass is 10.00. The SMILES string of the molecule is CCC(=O)c1ccc(OCC(=O)N2CCn3cccc3C2c2ccccc2)cc1. The third-order valence-corrected chi connectivity index (χ3v) is 5.33. The van der Waals surface area contributed by atoms with Crippen molar-refractivity contribution in [1.29, 1.82) is 0 Å². The van der Waals surface area contributed by atoms with Crippen LogP contribution in [0.3, 0.4) is 0 Å². The monoisotopic (exact) mass is 388 g/mol. The van der Waals surface area contributed by atoms with Gasteiger partial charge in [0.15, 0.2) is 12.4 Å². The average Bonchev–Trinajstić information content (AvgIpc) is 3.26. The maximum absolute atomic E-state index is 13.0. The molecule has 0 bridgehead atoms. The number of fused-ring (bicyclic) bond motifs is 1. The lowest BCUT2D eigenvalue weighted by molar-refractivity contribution is -0.136. The quantitative estimate of drug-likeness (QED) is 0.598. The Labute approximate surface area is 170 Å². The number of hydrogen-bond acceptors (Lipinski definition) is 3. The van der Waals surface area contributed by atoms with Crippen LogP contribution in [-0.4, -0.2) is 34.3 Å². The molecule has 29 heavy (non-hydrogen) atoms. The highest BCUT2D eigenvalue weighted by atomic mass is 16.5. The van der Waals surface area contributed by atoms with Crippen LogP contribution in [0.15, 0.2) is 72.9 Å². The summed E-state index contributed by atoms with van der Waals surface area (Å²) in [4.78, 5) is 26.7. The van der Waals surface area contributed by atoms with Crippen molar-refractivity contribution in [2.75, 3.05) is 13.2 Å². The van der Waals surface area contributed by atoms with Gasteiger partial charge in [0.25, 0.3) is 5.91 Å². The number of nitrogens with zero attached hydrogens (tertiary/aromatic N) is 2. The van der Waals surface area contributed by atoms with Crippen molar-refractivity contribution in [1.82, 2.24) is 9.47 Å². The number of Topliss-reactive ketones (excluding diaryl/α,β-unsaturated/α-hetero) is 1. The minimum atomic E-state index is -0.124. The molecular formula is C24H24N2O3. The van der Waals surface area contributed by atoms with Gasteiger partial charge in [-0.25, -0.2) is 0 Å². The topological polar surface area (TPSA) is 51.5 Å². The first-order valence-electron chi connectivity index (χ1n) is 9.93. The highest BCUT2D eigenvalue weighted by Crippen LogP contribution is 2.32. The zero-order valence-electron chi connectivity index (χ0n) is 16.5. The van der Waals surface area contributed by atoms with E-state index in [1.165, 1.54) is 0 Å². The van der Waals surface area contributed by atoms with Gasteiger partial charge in [-0.1, -0.05) is 37.3 Å². The van der Waals surface area contributed by atoms with E-state index in [-0.39, 0.29) is 24.3 Å². The Morgan fingerprint density at radius 2 is 1.72 bits per heavy atom. The highest BCUT2D eigenvalue weighted by Gasteiger charge is 2.32. The van der Waals surface area contributed by atoms with Gasteiger partial charge < -0.3 is 14.2 Å². The molecule has 4 rings (SSSR count). The van der Waals surface area contributed by atoms with E-state index in [9.17, 15) is 9.59 Å². The molecule has 2 aromatic carbocycles. The predicted molar refractivity (Wildman–Crippen MR) is 111 cm³/mol. The maximum Gasteiger partial charge on any atom is 0.261 e. The van der Waals surface area contributed by atoms with Crippen LogP contribution < -0.4 is 4.74 Å². The van der Waals surface area contributed by atoms with Crippen molar-refractivity contribution < 1.29 is 14.3 Å². The van der Waals surface area contributed by atoms with E-state index in [0.29, 0.717) is 24.3 Å². The number of ether oxygens (including phenoxy) is 1. The maximum atomic E-state index is 13.0. The van der Waals surface area contributed by atoms with Gasteiger partial charge in [0.1, 0.15) is 5.75 Å². The van der Waals surface area contributed by atoms with Crippen LogP contribution >= 0.6 is 0 Å². The summed E-state index contributed by atoms with van der Waals surface area (Å²) in [6, 6.07) is 21.0. The molecule has 1 amide bonds. The van der Waals surface area contributed by atoms with Gasteiger partial charge in [-0.15, -0.1) is 0 Å². The number of aromatic nitrogens is 1. The van der Waals surface area contributed by atoms with Gasteiger partial charge in [0.2, 0.25) is 0 Å². The summed E-state index contributed by atoms with van der Waals surface area (Å²) in [7, 11) is 0. The number of carbonyl (C=O) groups is 2. The van der Waals surface area contributed by atoms with E-state index in [0.717, 1.165) is 17.8 Å². The molecule has 5 nitrogen and oxygen atoms in total. The fraction of sp³-hybridized carbons (Fsp3) is 0.250. The summed E-state index contributed by atoms with van der Waals surface area (Å²) < 4.78 is 7.93. The lowest BCUT2D eigenvalue weighted by Crippen LogP contribution is -2.44. The van der Waals surface area contributed by atoms with Crippen molar-refractivity contribution in [3.05, 3.63) is 89.7 Å². The Balaban J connectivity index is 1.49. The summed E-state index contributed by atoms with van der Waals surface area (Å²) >= 11 is 0. The first-order chi connectivity index (χ1) is 14.2. The van der Waals surface area contributed by atoms with E-state index in [1.54, 1.807) is 24.3 Å². The third kappa shape index (κ3) is 3.94. The lowest BCUT2D eigenvalue weighted by Gasteiger charge is -2.37. The Morgan fingerprint density at radius 1 is 0.966 bits per heavy atom. The summed E-state index contributed by atoms with van der Waals surface area (Å²) in [5, 5.41) is 0. The molecule has 0 radical (unpaired) electrons. The molecule has 0 N–H and O–H groups in total. The third-order valence-electron chi connectivity index (χ3n) is 5.33. The second-order valence-electron chi connectivity index (χ2n) is 7.12. The van der Waals surface area contributed by atoms with Crippen LogP contribution in [0.5, 0.6) is 5.75 Å². The molecule has 2 heterocycles. The van der Waals surface area contributed by atoms with Crippen LogP contribution in [0.25, 0.3) is 0 Å². The first kappa shape index (κ1) is 19.0. The van der Waals surface area contributed by atoms with Crippen LogP contribution in [0, 0.1) is 0 Å². The minimum absolute atomic E-state index is 0.0366. The number of amides is 1. The fourth-order valence-electron chi connectivity index (χ4n) is 3.81. The van der Waals surface area contributed by atoms with E-state index in [2.05, 4.69) is 29.0 Å². The molecule has 0 saturated carbocycles. The number of ketones is 1. The van der Waals surface area contributed by atoms with Crippen LogP contribution in [0.1, 0.15) is 41.0 Å². The second-order valence-corrected chi connectivity index (χ2v) is 7.12. The number of carbonyl (C=O) groups excluding carboxylic acids is 2. The molecule has 1 atom stereocenters. The van der Waals surface area contributed by atoms with E-state index in [1.807, 2.05) is 36.1 Å². The molecule has 1 aliphatic rings. The van der Waals surface area contributed by atoms with Crippen molar-refractivity contribution in [2.45, 2.75) is 25.9 Å². The summed E-state index contributed by atoms with van der Waals surface area (Å²) in [5.41, 5.74) is 2.85. The van der Waals surface area contributed by atoms with Crippen molar-refractivity contribution >= 4 is 11.7 Å². The Kier molecular flexibility index (Phi) is 5.47. The summed E-state index contributed by atoms with van der Waals surface area (Å²) in [6.45, 7) is 3.20. The molecule has 0 aliphatic carbocycles. The van der Waals surface area contributed by atoms with Gasteiger partial charge in [-0.2, -0.15) is 0 Å². The summed E-state index contributed by atoms with van der Waals surface area (Å²) in [6.07, 6.45) is 2.53. The molecule has 0 saturated heterocycles. The van der Waals surface area contributed by atoms with Gasteiger partial charge in [-0.3, -0.25) is 9.59 Å². The average molecular weight is 388 g/mol. The smallest absolute Gasteiger partial charge is 0.261 e. The van der Waals surface area contributed by atoms with Gasteiger partial charge in [-0.05, 0) is 42.0 Å². The second kappa shape index (κ2) is 8.35. The molecule has 5 heteroatoms. The number of benzene rings is 2. The zero-order chi connectivity index (χ0) is 20.2. The zero-order valence-corrected chi connectivity index (χ0v) is 16.5. The summed E-state index contributed by atoms with van der Waals surface area (Å²) in [5.74, 6) is 0.623. The predicted octanol–water partition coefficient (Wildman–Crippen LogP) is 4.09. The molecule has 0 fully saturated rings. The Morgan fingerprint density at radius 3 is 2.45 bits per heavy atom. The van der Waals surface area contributed by atoms with Crippen LogP contribution in [0.2, 0.25) is 0 Å². The molecule has 1 unspecified atom stereocenters. The van der Waals surface area contributed by atoms with E-state index >= 15 is 0 Å². The van der Waals surface area contributed by atoms with Gasteiger partial charge in [0, 0.05) is 37.0 Å². The van der Waals surface area contributed by atoms with Crippen LogP contribution in [-0.2, 0) is 11.3 Å². The molecule has 1 aliphatic heterocycles. The molecule has 148 valence electrons. The van der Waals surface area contributed by atoms with Crippen LogP contribution in [0.4, 0.5) is 0 Å². The number of hydrogen-bond donors (Lipinski definition) is 0. The largest absolute Gasteiger partial charge is 0.484 e. The van der Waals surface area contributed by atoms with Crippen molar-refractivity contribution in [3.8, 4) is 5.75 Å². The molecule has 3 aromatic rings. The normalized spacial score (nSPS) is 15.6. The molecular weight excluding hydrogens is 364 g/mol. The molecule has 0 spiro atoms. The first-order valence-corrected chi connectivity index (χ1v) is 9.93. The molecule has 1 aromatic heterocycles. The Bertz CT molecular complexity index is 992. The van der Waals surface area contributed by atoms with Crippen molar-refractivity contribution in [2.24, 2.45) is 0 Å².